The lowest BCUT2D eigenvalue weighted by atomic mass is 9.96. The molecule has 2 aromatic rings. The van der Waals surface area contributed by atoms with Crippen molar-refractivity contribution in [3.8, 4) is 5.75 Å². The minimum Gasteiger partial charge on any atom is -0.495 e. The Morgan fingerprint density at radius 3 is 2.62 bits per heavy atom. The van der Waals surface area contributed by atoms with Crippen LogP contribution in [0.4, 0.5) is 23.1 Å². The Kier molecular flexibility index (Phi) is 5.50. The van der Waals surface area contributed by atoms with Gasteiger partial charge in [0.25, 0.3) is 0 Å². The van der Waals surface area contributed by atoms with Crippen LogP contribution >= 0.6 is 0 Å². The minimum atomic E-state index is -0.461. The minimum absolute atomic E-state index is 0.134. The molecule has 3 rings (SSSR count). The number of aryl methyl sites for hydroxylation is 1. The summed E-state index contributed by atoms with van der Waals surface area (Å²) in [4.78, 5) is 19.7. The monoisotopic (exact) mass is 357 g/mol. The molecule has 2 N–H and O–H groups in total. The molecule has 0 bridgehead atoms. The van der Waals surface area contributed by atoms with Crippen molar-refractivity contribution < 1.29 is 9.66 Å². The predicted octanol–water partition coefficient (Wildman–Crippen LogP) is 4.19. The third-order valence-corrected chi connectivity index (χ3v) is 4.54. The van der Waals surface area contributed by atoms with Crippen molar-refractivity contribution in [2.45, 2.75) is 45.1 Å². The van der Waals surface area contributed by atoms with Gasteiger partial charge in [-0.2, -0.15) is 4.98 Å². The van der Waals surface area contributed by atoms with Crippen LogP contribution in [0.1, 0.15) is 37.8 Å². The summed E-state index contributed by atoms with van der Waals surface area (Å²) in [6.45, 7) is 1.62. The molecule has 0 radical (unpaired) electrons. The first-order valence-corrected chi connectivity index (χ1v) is 8.78. The van der Waals surface area contributed by atoms with Gasteiger partial charge in [-0.1, -0.05) is 31.4 Å². The number of hydrogen-bond donors (Lipinski definition) is 2. The van der Waals surface area contributed by atoms with Crippen molar-refractivity contribution in [2.75, 3.05) is 17.7 Å². The Hall–Kier alpha value is -2.90. The molecule has 0 atom stereocenters. The number of nitro groups is 1. The lowest BCUT2D eigenvalue weighted by Crippen LogP contribution is -2.24. The first-order chi connectivity index (χ1) is 12.6. The predicted molar refractivity (Wildman–Crippen MR) is 100 cm³/mol. The summed E-state index contributed by atoms with van der Waals surface area (Å²) in [6, 6.07) is 7.53. The maximum absolute atomic E-state index is 11.5. The summed E-state index contributed by atoms with van der Waals surface area (Å²) in [5.74, 6) is 1.16. The molecule has 1 fully saturated rings. The van der Waals surface area contributed by atoms with Gasteiger partial charge >= 0.3 is 5.69 Å². The molecule has 1 aliphatic carbocycles. The van der Waals surface area contributed by atoms with Crippen molar-refractivity contribution in [1.82, 2.24) is 9.97 Å². The highest BCUT2D eigenvalue weighted by molar-refractivity contribution is 5.71. The maximum atomic E-state index is 11.5. The third kappa shape index (κ3) is 4.01. The Bertz CT molecular complexity index is 790. The van der Waals surface area contributed by atoms with E-state index in [0.717, 1.165) is 12.8 Å². The van der Waals surface area contributed by atoms with E-state index in [2.05, 4.69) is 20.6 Å². The average Bonchev–Trinajstić information content (AvgIpc) is 2.62. The molecular formula is C18H23N5O3. The number of methoxy groups -OCH3 is 1. The number of nitrogens with zero attached hydrogens (tertiary/aromatic N) is 3. The highest BCUT2D eigenvalue weighted by Crippen LogP contribution is 2.33. The van der Waals surface area contributed by atoms with Crippen LogP contribution in [0.3, 0.4) is 0 Å². The van der Waals surface area contributed by atoms with Crippen LogP contribution in [0.2, 0.25) is 0 Å². The van der Waals surface area contributed by atoms with Crippen molar-refractivity contribution in [1.29, 1.82) is 0 Å². The van der Waals surface area contributed by atoms with E-state index >= 15 is 0 Å². The number of para-hydroxylation sites is 2. The molecule has 0 unspecified atom stereocenters. The first-order valence-electron chi connectivity index (χ1n) is 8.78. The molecule has 1 aromatic carbocycles. The number of anilines is 3. The SMILES string of the molecule is COc1ccccc1Nc1nc(NC2CCCCC2)nc(C)c1[N+](=O)[O-]. The summed E-state index contributed by atoms with van der Waals surface area (Å²) in [5.41, 5.74) is 0.797. The van der Waals surface area contributed by atoms with Crippen molar-refractivity contribution in [3.63, 3.8) is 0 Å². The molecule has 1 aliphatic rings. The van der Waals surface area contributed by atoms with Gasteiger partial charge in [0, 0.05) is 6.04 Å². The maximum Gasteiger partial charge on any atom is 0.332 e. The number of ether oxygens (including phenoxy) is 1. The summed E-state index contributed by atoms with van der Waals surface area (Å²) in [5, 5.41) is 17.9. The lowest BCUT2D eigenvalue weighted by molar-refractivity contribution is -0.385. The second-order valence-corrected chi connectivity index (χ2v) is 6.39. The quantitative estimate of drug-likeness (QED) is 0.590. The molecule has 0 amide bonds. The molecule has 0 aliphatic heterocycles. The zero-order valence-corrected chi connectivity index (χ0v) is 15.0. The van der Waals surface area contributed by atoms with E-state index in [4.69, 9.17) is 4.74 Å². The molecule has 8 heteroatoms. The van der Waals surface area contributed by atoms with E-state index in [-0.39, 0.29) is 11.5 Å². The highest BCUT2D eigenvalue weighted by Gasteiger charge is 2.24. The summed E-state index contributed by atoms with van der Waals surface area (Å²) < 4.78 is 5.31. The van der Waals surface area contributed by atoms with Crippen LogP contribution in [0, 0.1) is 17.0 Å². The Labute approximate surface area is 152 Å². The van der Waals surface area contributed by atoms with Gasteiger partial charge in [0.1, 0.15) is 11.4 Å². The summed E-state index contributed by atoms with van der Waals surface area (Å²) in [6.07, 6.45) is 5.73. The molecule has 1 heterocycles. The fraction of sp³-hybridized carbons (Fsp3) is 0.444. The molecule has 8 nitrogen and oxygen atoms in total. The Morgan fingerprint density at radius 2 is 1.92 bits per heavy atom. The van der Waals surface area contributed by atoms with Gasteiger partial charge in [-0.05, 0) is 31.9 Å². The van der Waals surface area contributed by atoms with E-state index in [9.17, 15) is 10.1 Å². The van der Waals surface area contributed by atoms with E-state index in [1.165, 1.54) is 19.3 Å². The standard InChI is InChI=1S/C18H23N5O3/c1-12-16(23(24)25)17(21-14-10-6-7-11-15(14)26-2)22-18(19-12)20-13-8-4-3-5-9-13/h6-7,10-11,13H,3-5,8-9H2,1-2H3,(H2,19,20,21,22). The van der Waals surface area contributed by atoms with Crippen LogP contribution in [-0.4, -0.2) is 28.0 Å². The fourth-order valence-electron chi connectivity index (χ4n) is 3.24. The molecule has 0 spiro atoms. The summed E-state index contributed by atoms with van der Waals surface area (Å²) >= 11 is 0. The van der Waals surface area contributed by atoms with E-state index in [1.807, 2.05) is 12.1 Å². The second kappa shape index (κ2) is 7.99. The summed E-state index contributed by atoms with van der Waals surface area (Å²) in [7, 11) is 1.55. The van der Waals surface area contributed by atoms with Gasteiger partial charge in [-0.3, -0.25) is 10.1 Å². The van der Waals surface area contributed by atoms with Crippen molar-refractivity contribution in [3.05, 3.63) is 40.1 Å². The topological polar surface area (TPSA) is 102 Å². The number of aromatic nitrogens is 2. The van der Waals surface area contributed by atoms with Crippen molar-refractivity contribution in [2.24, 2.45) is 0 Å². The first kappa shape index (κ1) is 17.9. The Morgan fingerprint density at radius 1 is 1.19 bits per heavy atom. The van der Waals surface area contributed by atoms with Gasteiger partial charge < -0.3 is 15.4 Å². The fourth-order valence-corrected chi connectivity index (χ4v) is 3.24. The Balaban J connectivity index is 1.94. The molecule has 26 heavy (non-hydrogen) atoms. The van der Waals surface area contributed by atoms with Crippen LogP contribution < -0.4 is 15.4 Å². The number of benzene rings is 1. The normalized spacial score (nSPS) is 14.7. The van der Waals surface area contributed by atoms with Crippen LogP contribution in [0.5, 0.6) is 5.75 Å². The molecule has 1 saturated carbocycles. The van der Waals surface area contributed by atoms with E-state index in [0.29, 0.717) is 29.1 Å². The molecule has 1 aromatic heterocycles. The lowest BCUT2D eigenvalue weighted by Gasteiger charge is -2.23. The van der Waals surface area contributed by atoms with E-state index in [1.54, 1.807) is 26.2 Å². The molecule has 0 saturated heterocycles. The van der Waals surface area contributed by atoms with Crippen LogP contribution in [0.15, 0.2) is 24.3 Å². The van der Waals surface area contributed by atoms with Gasteiger partial charge in [0.2, 0.25) is 11.8 Å². The third-order valence-electron chi connectivity index (χ3n) is 4.54. The van der Waals surface area contributed by atoms with Crippen molar-refractivity contribution >= 4 is 23.1 Å². The van der Waals surface area contributed by atoms with Crippen LogP contribution in [0.25, 0.3) is 0 Å². The van der Waals surface area contributed by atoms with Crippen LogP contribution in [-0.2, 0) is 0 Å². The second-order valence-electron chi connectivity index (χ2n) is 6.39. The molecule has 138 valence electrons. The van der Waals surface area contributed by atoms with Gasteiger partial charge in [-0.25, -0.2) is 4.98 Å². The van der Waals surface area contributed by atoms with Gasteiger partial charge in [0.05, 0.1) is 17.7 Å². The van der Waals surface area contributed by atoms with Gasteiger partial charge in [-0.15, -0.1) is 0 Å². The largest absolute Gasteiger partial charge is 0.495 e. The number of rotatable bonds is 6. The number of hydrogen-bond acceptors (Lipinski definition) is 7. The average molecular weight is 357 g/mol. The molecular weight excluding hydrogens is 334 g/mol. The zero-order chi connectivity index (χ0) is 18.5. The highest BCUT2D eigenvalue weighted by atomic mass is 16.6. The smallest absolute Gasteiger partial charge is 0.332 e. The van der Waals surface area contributed by atoms with Gasteiger partial charge in [0.15, 0.2) is 0 Å². The zero-order valence-electron chi connectivity index (χ0n) is 15.0. The van der Waals surface area contributed by atoms with E-state index < -0.39 is 4.92 Å². The number of nitrogens with one attached hydrogen (secondary N) is 2.